The summed E-state index contributed by atoms with van der Waals surface area (Å²) in [5.41, 5.74) is 0.895. The second-order valence-electron chi connectivity index (χ2n) is 4.53. The summed E-state index contributed by atoms with van der Waals surface area (Å²) in [4.78, 5) is 19.2. The first-order chi connectivity index (χ1) is 9.95. The number of aromatic nitrogens is 2. The Hall–Kier alpha value is -2.15. The molecule has 0 amide bonds. The zero-order chi connectivity index (χ0) is 15.4. The molecule has 0 aliphatic carbocycles. The van der Waals surface area contributed by atoms with Gasteiger partial charge in [-0.25, -0.2) is 4.79 Å². The number of nitrogens with zero attached hydrogens (tertiary/aromatic N) is 2. The van der Waals surface area contributed by atoms with Crippen molar-refractivity contribution in [1.29, 1.82) is 0 Å². The molecule has 2 N–H and O–H groups in total. The van der Waals surface area contributed by atoms with Gasteiger partial charge in [-0.05, 0) is 48.0 Å². The molecule has 110 valence electrons. The predicted octanol–water partition coefficient (Wildman–Crippen LogP) is 3.47. The van der Waals surface area contributed by atoms with E-state index in [1.54, 1.807) is 12.3 Å². The molecule has 1 aromatic carbocycles. The Labute approximate surface area is 130 Å². The number of ether oxygens (including phenoxy) is 1. The van der Waals surface area contributed by atoms with Crippen LogP contribution in [-0.4, -0.2) is 27.1 Å². The van der Waals surface area contributed by atoms with Gasteiger partial charge < -0.3 is 15.2 Å². The normalized spacial score (nSPS) is 10.5. The van der Waals surface area contributed by atoms with Crippen molar-refractivity contribution in [1.82, 2.24) is 9.97 Å². The second-order valence-corrected chi connectivity index (χ2v) is 5.39. The number of carbonyl (C=O) groups is 1. The van der Waals surface area contributed by atoms with Crippen LogP contribution in [0.1, 0.15) is 24.2 Å². The highest BCUT2D eigenvalue weighted by molar-refractivity contribution is 9.10. The molecule has 0 radical (unpaired) electrons. The van der Waals surface area contributed by atoms with Gasteiger partial charge in [0.15, 0.2) is 5.82 Å². The van der Waals surface area contributed by atoms with E-state index in [1.165, 1.54) is 18.3 Å². The van der Waals surface area contributed by atoms with Gasteiger partial charge in [0.1, 0.15) is 0 Å². The van der Waals surface area contributed by atoms with Crippen LogP contribution in [0.2, 0.25) is 0 Å². The molecule has 21 heavy (non-hydrogen) atoms. The lowest BCUT2D eigenvalue weighted by Gasteiger charge is -2.11. The summed E-state index contributed by atoms with van der Waals surface area (Å²) in [6, 6.07) is 4.69. The fourth-order valence-electron chi connectivity index (χ4n) is 1.59. The second kappa shape index (κ2) is 6.53. The van der Waals surface area contributed by atoms with Crippen molar-refractivity contribution in [3.8, 4) is 5.88 Å². The Morgan fingerprint density at radius 2 is 2.14 bits per heavy atom. The molecule has 7 heteroatoms. The molecule has 0 unspecified atom stereocenters. The highest BCUT2D eigenvalue weighted by Crippen LogP contribution is 2.26. The lowest BCUT2D eigenvalue weighted by molar-refractivity contribution is 0.0697. The van der Waals surface area contributed by atoms with Crippen molar-refractivity contribution in [2.24, 2.45) is 0 Å². The summed E-state index contributed by atoms with van der Waals surface area (Å²) in [5, 5.41) is 12.0. The van der Waals surface area contributed by atoms with Gasteiger partial charge >= 0.3 is 5.97 Å². The SMILES string of the molecule is CC(C)Oc1cncc(Nc2ccc(C(=O)O)cc2Br)n1. The Kier molecular flexibility index (Phi) is 4.74. The number of anilines is 2. The molecule has 1 heterocycles. The first-order valence-corrected chi connectivity index (χ1v) is 7.03. The van der Waals surface area contributed by atoms with Gasteiger partial charge in [0, 0.05) is 4.47 Å². The van der Waals surface area contributed by atoms with Gasteiger partial charge in [0.05, 0.1) is 29.7 Å². The molecule has 0 spiro atoms. The zero-order valence-electron chi connectivity index (χ0n) is 11.5. The lowest BCUT2D eigenvalue weighted by Crippen LogP contribution is -2.08. The van der Waals surface area contributed by atoms with Crippen LogP contribution in [0.25, 0.3) is 0 Å². The molecule has 6 nitrogen and oxygen atoms in total. The molecule has 0 saturated carbocycles. The molecule has 2 aromatic rings. The molecule has 0 saturated heterocycles. The average molecular weight is 352 g/mol. The minimum Gasteiger partial charge on any atom is -0.478 e. The third-order valence-electron chi connectivity index (χ3n) is 2.45. The van der Waals surface area contributed by atoms with Gasteiger partial charge in [-0.3, -0.25) is 4.98 Å². The van der Waals surface area contributed by atoms with E-state index in [9.17, 15) is 4.79 Å². The molecule has 0 aliphatic heterocycles. The number of rotatable bonds is 5. The first-order valence-electron chi connectivity index (χ1n) is 6.24. The summed E-state index contributed by atoms with van der Waals surface area (Å²) in [6.45, 7) is 3.81. The Balaban J connectivity index is 2.20. The van der Waals surface area contributed by atoms with Gasteiger partial charge in [-0.2, -0.15) is 4.98 Å². The molecule has 0 atom stereocenters. The summed E-state index contributed by atoms with van der Waals surface area (Å²) in [5.74, 6) is -0.0421. The van der Waals surface area contributed by atoms with Crippen LogP contribution >= 0.6 is 15.9 Å². The van der Waals surface area contributed by atoms with Crippen LogP contribution in [0.5, 0.6) is 5.88 Å². The molecular formula is C14H14BrN3O3. The molecule has 2 rings (SSSR count). The maximum atomic E-state index is 10.9. The predicted molar refractivity (Wildman–Crippen MR) is 82.2 cm³/mol. The monoisotopic (exact) mass is 351 g/mol. The average Bonchev–Trinajstić information content (AvgIpc) is 2.40. The van der Waals surface area contributed by atoms with Gasteiger partial charge in [0.25, 0.3) is 0 Å². The van der Waals surface area contributed by atoms with Crippen LogP contribution in [0.4, 0.5) is 11.5 Å². The van der Waals surface area contributed by atoms with Crippen LogP contribution in [0, 0.1) is 0 Å². The maximum Gasteiger partial charge on any atom is 0.335 e. The van der Waals surface area contributed by atoms with E-state index in [4.69, 9.17) is 9.84 Å². The first kappa shape index (κ1) is 15.2. The van der Waals surface area contributed by atoms with E-state index in [0.29, 0.717) is 21.9 Å². The number of hydrogen-bond acceptors (Lipinski definition) is 5. The van der Waals surface area contributed by atoms with E-state index in [1.807, 2.05) is 13.8 Å². The molecular weight excluding hydrogens is 338 g/mol. The van der Waals surface area contributed by atoms with Crippen LogP contribution < -0.4 is 10.1 Å². The number of benzene rings is 1. The van der Waals surface area contributed by atoms with E-state index in [0.717, 1.165) is 0 Å². The van der Waals surface area contributed by atoms with Crippen molar-refractivity contribution >= 4 is 33.4 Å². The van der Waals surface area contributed by atoms with Gasteiger partial charge in [-0.15, -0.1) is 0 Å². The van der Waals surface area contributed by atoms with E-state index in [-0.39, 0.29) is 11.7 Å². The van der Waals surface area contributed by atoms with Crippen molar-refractivity contribution < 1.29 is 14.6 Å². The molecule has 0 aliphatic rings. The third kappa shape index (κ3) is 4.16. The smallest absolute Gasteiger partial charge is 0.335 e. The van der Waals surface area contributed by atoms with Crippen molar-refractivity contribution in [2.45, 2.75) is 20.0 Å². The number of carboxylic acids is 1. The lowest BCUT2D eigenvalue weighted by atomic mass is 10.2. The Morgan fingerprint density at radius 1 is 1.38 bits per heavy atom. The number of aromatic carboxylic acids is 1. The highest BCUT2D eigenvalue weighted by Gasteiger charge is 2.08. The van der Waals surface area contributed by atoms with Crippen molar-refractivity contribution in [2.75, 3.05) is 5.32 Å². The summed E-state index contributed by atoms with van der Waals surface area (Å²) in [6.07, 6.45) is 3.11. The minimum atomic E-state index is -0.977. The fourth-order valence-corrected chi connectivity index (χ4v) is 2.07. The van der Waals surface area contributed by atoms with E-state index < -0.39 is 5.97 Å². The molecule has 1 aromatic heterocycles. The summed E-state index contributed by atoms with van der Waals surface area (Å²) >= 11 is 3.33. The minimum absolute atomic E-state index is 0.0103. The zero-order valence-corrected chi connectivity index (χ0v) is 13.1. The van der Waals surface area contributed by atoms with Crippen molar-refractivity contribution in [3.05, 3.63) is 40.6 Å². The standard InChI is InChI=1S/C14H14BrN3O3/c1-8(2)21-13-7-16-6-12(18-13)17-11-4-3-9(14(19)20)5-10(11)15/h3-8H,1-2H3,(H,17,18)(H,19,20). The third-order valence-corrected chi connectivity index (χ3v) is 3.10. The fraction of sp³-hybridized carbons (Fsp3) is 0.214. The van der Waals surface area contributed by atoms with Crippen LogP contribution in [-0.2, 0) is 0 Å². The summed E-state index contributed by atoms with van der Waals surface area (Å²) in [7, 11) is 0. The number of carboxylic acid groups (broad SMARTS) is 1. The maximum absolute atomic E-state index is 10.9. The van der Waals surface area contributed by atoms with E-state index in [2.05, 4.69) is 31.2 Å². The molecule has 0 bridgehead atoms. The van der Waals surface area contributed by atoms with Gasteiger partial charge in [-0.1, -0.05) is 0 Å². The Morgan fingerprint density at radius 3 is 2.76 bits per heavy atom. The van der Waals surface area contributed by atoms with Crippen LogP contribution in [0.3, 0.4) is 0 Å². The highest BCUT2D eigenvalue weighted by atomic mass is 79.9. The van der Waals surface area contributed by atoms with E-state index >= 15 is 0 Å². The topological polar surface area (TPSA) is 84.3 Å². The number of hydrogen-bond donors (Lipinski definition) is 2. The van der Waals surface area contributed by atoms with Gasteiger partial charge in [0.2, 0.25) is 5.88 Å². The molecule has 0 fully saturated rings. The number of nitrogens with one attached hydrogen (secondary N) is 1. The largest absolute Gasteiger partial charge is 0.478 e. The van der Waals surface area contributed by atoms with Crippen molar-refractivity contribution in [3.63, 3.8) is 0 Å². The van der Waals surface area contributed by atoms with Crippen LogP contribution in [0.15, 0.2) is 35.1 Å². The summed E-state index contributed by atoms with van der Waals surface area (Å²) < 4.78 is 6.09. The quantitative estimate of drug-likeness (QED) is 0.857. The Bertz CT molecular complexity index is 662. The number of halogens is 1.